The number of rotatable bonds is 1. The van der Waals surface area contributed by atoms with Crippen molar-refractivity contribution in [1.82, 2.24) is 9.97 Å². The van der Waals surface area contributed by atoms with Gasteiger partial charge in [0.15, 0.2) is 0 Å². The van der Waals surface area contributed by atoms with Crippen LogP contribution in [0.3, 0.4) is 0 Å². The fraction of sp³-hybridized carbons (Fsp3) is 0. The summed E-state index contributed by atoms with van der Waals surface area (Å²) >= 11 is 1.62. The first-order chi connectivity index (χ1) is 5.88. The molecule has 0 radical (unpaired) electrons. The highest BCUT2D eigenvalue weighted by molar-refractivity contribution is 7.08. The maximum atomic E-state index is 5.64. The van der Waals surface area contributed by atoms with Gasteiger partial charge in [-0.05, 0) is 11.4 Å². The lowest BCUT2D eigenvalue weighted by Crippen LogP contribution is -1.94. The van der Waals surface area contributed by atoms with Gasteiger partial charge in [-0.3, -0.25) is 4.98 Å². The molecule has 2 N–H and O–H groups in total. The first kappa shape index (κ1) is 7.24. The quantitative estimate of drug-likeness (QED) is 0.722. The highest BCUT2D eigenvalue weighted by Gasteiger charge is 2.03. The number of anilines is 1. The van der Waals surface area contributed by atoms with Gasteiger partial charge >= 0.3 is 0 Å². The van der Waals surface area contributed by atoms with E-state index in [0.717, 1.165) is 11.3 Å². The Morgan fingerprint density at radius 1 is 1.25 bits per heavy atom. The molecule has 0 amide bonds. The first-order valence-electron chi connectivity index (χ1n) is 3.47. The maximum absolute atomic E-state index is 5.64. The van der Waals surface area contributed by atoms with Gasteiger partial charge in [0.2, 0.25) is 0 Å². The Kier molecular flexibility index (Phi) is 1.75. The molecule has 0 atom stereocenters. The molecule has 2 aromatic rings. The molecule has 4 heteroatoms. The van der Waals surface area contributed by atoms with Gasteiger partial charge in [0.25, 0.3) is 0 Å². The predicted octanol–water partition coefficient (Wildman–Crippen LogP) is 1.79. The van der Waals surface area contributed by atoms with E-state index in [-0.39, 0.29) is 0 Å². The van der Waals surface area contributed by atoms with Gasteiger partial charge in [-0.15, -0.1) is 0 Å². The largest absolute Gasteiger partial charge is 0.382 e. The lowest BCUT2D eigenvalue weighted by atomic mass is 10.2. The summed E-state index contributed by atoms with van der Waals surface area (Å²) in [7, 11) is 0. The van der Waals surface area contributed by atoms with Crippen molar-refractivity contribution in [3.63, 3.8) is 0 Å². The number of nitrogens with zero attached hydrogens (tertiary/aromatic N) is 2. The van der Waals surface area contributed by atoms with Crippen LogP contribution in [-0.4, -0.2) is 9.97 Å². The Balaban J connectivity index is 2.55. The van der Waals surface area contributed by atoms with Crippen LogP contribution in [-0.2, 0) is 0 Å². The molecule has 2 rings (SSSR count). The second-order valence-electron chi connectivity index (χ2n) is 2.30. The zero-order valence-corrected chi connectivity index (χ0v) is 7.08. The Bertz CT molecular complexity index is 370. The van der Waals surface area contributed by atoms with E-state index in [0.29, 0.717) is 5.82 Å². The highest BCUT2D eigenvalue weighted by atomic mass is 32.1. The number of thiophene rings is 1. The number of aromatic nitrogens is 2. The molecule has 0 bridgehead atoms. The normalized spacial score (nSPS) is 10.0. The van der Waals surface area contributed by atoms with Crippen molar-refractivity contribution >= 4 is 17.2 Å². The second kappa shape index (κ2) is 2.91. The van der Waals surface area contributed by atoms with Crippen LogP contribution in [0.2, 0.25) is 0 Å². The summed E-state index contributed by atoms with van der Waals surface area (Å²) in [6, 6.07) is 1.98. The molecule has 0 saturated carbocycles. The summed E-state index contributed by atoms with van der Waals surface area (Å²) < 4.78 is 0. The van der Waals surface area contributed by atoms with E-state index in [4.69, 9.17) is 5.73 Å². The summed E-state index contributed by atoms with van der Waals surface area (Å²) in [5, 5.41) is 3.99. The number of hydrogen-bond acceptors (Lipinski definition) is 4. The molecule has 0 aliphatic heterocycles. The van der Waals surface area contributed by atoms with E-state index in [9.17, 15) is 0 Å². The Labute approximate surface area is 73.9 Å². The molecule has 0 fully saturated rings. The van der Waals surface area contributed by atoms with Crippen LogP contribution in [0.15, 0.2) is 29.2 Å². The lowest BCUT2D eigenvalue weighted by molar-refractivity contribution is 1.22. The van der Waals surface area contributed by atoms with Crippen molar-refractivity contribution in [3.05, 3.63) is 29.2 Å². The summed E-state index contributed by atoms with van der Waals surface area (Å²) in [6.45, 7) is 0. The van der Waals surface area contributed by atoms with E-state index in [2.05, 4.69) is 9.97 Å². The number of nitrogens with two attached hydrogens (primary N) is 1. The minimum atomic E-state index is 0.482. The van der Waals surface area contributed by atoms with Crippen molar-refractivity contribution in [3.8, 4) is 11.3 Å². The van der Waals surface area contributed by atoms with Gasteiger partial charge in [-0.25, -0.2) is 4.98 Å². The average Bonchev–Trinajstić information content (AvgIpc) is 2.57. The maximum Gasteiger partial charge on any atom is 0.150 e. The standard InChI is InChI=1S/C8H7N3S/c9-8-7(10-2-3-11-8)6-1-4-12-5-6/h1-5H,(H2,9,11). The number of hydrogen-bond donors (Lipinski definition) is 1. The van der Waals surface area contributed by atoms with Crippen LogP contribution in [0.1, 0.15) is 0 Å². The van der Waals surface area contributed by atoms with Crippen molar-refractivity contribution in [1.29, 1.82) is 0 Å². The first-order valence-corrected chi connectivity index (χ1v) is 4.41. The SMILES string of the molecule is Nc1nccnc1-c1ccsc1. The number of nitrogen functional groups attached to an aromatic ring is 1. The Hall–Kier alpha value is -1.42. The van der Waals surface area contributed by atoms with Gasteiger partial charge in [0.1, 0.15) is 11.5 Å². The van der Waals surface area contributed by atoms with E-state index in [1.165, 1.54) is 0 Å². The third-order valence-corrected chi connectivity index (χ3v) is 2.20. The minimum Gasteiger partial charge on any atom is -0.382 e. The fourth-order valence-corrected chi connectivity index (χ4v) is 1.61. The van der Waals surface area contributed by atoms with Crippen LogP contribution >= 0.6 is 11.3 Å². The topological polar surface area (TPSA) is 51.8 Å². The molecule has 0 aliphatic rings. The molecular weight excluding hydrogens is 170 g/mol. The lowest BCUT2D eigenvalue weighted by Gasteiger charge is -1.98. The minimum absolute atomic E-state index is 0.482. The molecule has 0 aromatic carbocycles. The molecule has 60 valence electrons. The van der Waals surface area contributed by atoms with Gasteiger partial charge < -0.3 is 5.73 Å². The van der Waals surface area contributed by atoms with Crippen molar-refractivity contribution in [2.45, 2.75) is 0 Å². The van der Waals surface area contributed by atoms with E-state index >= 15 is 0 Å². The molecule has 0 spiro atoms. The molecule has 2 heterocycles. The third kappa shape index (κ3) is 1.16. The van der Waals surface area contributed by atoms with E-state index in [1.54, 1.807) is 23.7 Å². The zero-order valence-electron chi connectivity index (χ0n) is 6.27. The molecular formula is C8H7N3S. The monoisotopic (exact) mass is 177 g/mol. The van der Waals surface area contributed by atoms with Crippen LogP contribution in [0.25, 0.3) is 11.3 Å². The molecule has 0 unspecified atom stereocenters. The molecule has 0 aliphatic carbocycles. The van der Waals surface area contributed by atoms with Gasteiger partial charge in [-0.1, -0.05) is 0 Å². The molecule has 12 heavy (non-hydrogen) atoms. The van der Waals surface area contributed by atoms with E-state index in [1.807, 2.05) is 16.8 Å². The third-order valence-electron chi connectivity index (χ3n) is 1.52. The van der Waals surface area contributed by atoms with Gasteiger partial charge in [0.05, 0.1) is 0 Å². The summed E-state index contributed by atoms with van der Waals surface area (Å²) in [6.07, 6.45) is 3.23. The van der Waals surface area contributed by atoms with E-state index < -0.39 is 0 Å². The summed E-state index contributed by atoms with van der Waals surface area (Å²) in [4.78, 5) is 8.09. The smallest absolute Gasteiger partial charge is 0.150 e. The van der Waals surface area contributed by atoms with Crippen molar-refractivity contribution < 1.29 is 0 Å². The van der Waals surface area contributed by atoms with Crippen molar-refractivity contribution in [2.24, 2.45) is 0 Å². The van der Waals surface area contributed by atoms with Crippen LogP contribution in [0, 0.1) is 0 Å². The van der Waals surface area contributed by atoms with Gasteiger partial charge in [-0.2, -0.15) is 11.3 Å². The average molecular weight is 177 g/mol. The van der Waals surface area contributed by atoms with Crippen LogP contribution < -0.4 is 5.73 Å². The van der Waals surface area contributed by atoms with Crippen LogP contribution in [0.4, 0.5) is 5.82 Å². The second-order valence-corrected chi connectivity index (χ2v) is 3.08. The summed E-state index contributed by atoms with van der Waals surface area (Å²) in [5.41, 5.74) is 7.44. The highest BCUT2D eigenvalue weighted by Crippen LogP contribution is 2.22. The van der Waals surface area contributed by atoms with Gasteiger partial charge in [0, 0.05) is 23.3 Å². The van der Waals surface area contributed by atoms with Crippen LogP contribution in [0.5, 0.6) is 0 Å². The summed E-state index contributed by atoms with van der Waals surface area (Å²) in [5.74, 6) is 0.482. The van der Waals surface area contributed by atoms with Crippen molar-refractivity contribution in [2.75, 3.05) is 5.73 Å². The molecule has 3 nitrogen and oxygen atoms in total. The molecule has 2 aromatic heterocycles. The predicted molar refractivity (Wildman–Crippen MR) is 49.8 cm³/mol. The Morgan fingerprint density at radius 3 is 2.75 bits per heavy atom. The fourth-order valence-electron chi connectivity index (χ4n) is 0.970. The zero-order chi connectivity index (χ0) is 8.39. The molecule has 0 saturated heterocycles. The Morgan fingerprint density at radius 2 is 2.08 bits per heavy atom.